The van der Waals surface area contributed by atoms with E-state index in [4.69, 9.17) is 4.42 Å². The number of furan rings is 1. The minimum atomic E-state index is -0.121. The summed E-state index contributed by atoms with van der Waals surface area (Å²) in [5, 5.41) is 7.06. The summed E-state index contributed by atoms with van der Waals surface area (Å²) in [6, 6.07) is 77.2. The highest BCUT2D eigenvalue weighted by atomic mass is 16.3. The number of hydrogen-bond acceptors (Lipinski definition) is 2. The average molecular weight is 780 g/mol. The van der Waals surface area contributed by atoms with E-state index in [-0.39, 0.29) is 5.41 Å². The van der Waals surface area contributed by atoms with Crippen LogP contribution < -0.4 is 4.90 Å². The molecule has 0 radical (unpaired) electrons. The number of hydrogen-bond donors (Lipinski definition) is 0. The minimum Gasteiger partial charge on any atom is -0.455 e. The van der Waals surface area contributed by atoms with E-state index in [1.165, 1.54) is 49.5 Å². The molecule has 11 aromatic rings. The summed E-state index contributed by atoms with van der Waals surface area (Å²) < 4.78 is 7.16. The Bertz CT molecular complexity index is 3470. The Morgan fingerprint density at radius 3 is 1.56 bits per heavy atom. The van der Waals surface area contributed by atoms with Crippen LogP contribution in [0.3, 0.4) is 0 Å². The van der Waals surface area contributed by atoms with Crippen molar-refractivity contribution in [3.8, 4) is 44.5 Å². The Hall–Kier alpha value is -7.68. The third-order valence-electron chi connectivity index (χ3n) is 13.1. The van der Waals surface area contributed by atoms with Crippen molar-refractivity contribution in [1.29, 1.82) is 0 Å². The van der Waals surface area contributed by atoms with Gasteiger partial charge in [0.25, 0.3) is 0 Å². The van der Waals surface area contributed by atoms with Gasteiger partial charge in [-0.3, -0.25) is 0 Å². The Kier molecular flexibility index (Phi) is 7.92. The summed E-state index contributed by atoms with van der Waals surface area (Å²) in [6.45, 7) is 4.70. The number of nitrogens with zero attached hydrogens (tertiary/aromatic N) is 1. The first-order chi connectivity index (χ1) is 30.0. The van der Waals surface area contributed by atoms with Gasteiger partial charge >= 0.3 is 0 Å². The fourth-order valence-corrected chi connectivity index (χ4v) is 10.1. The first-order valence-corrected chi connectivity index (χ1v) is 21.2. The number of anilines is 3. The first-order valence-electron chi connectivity index (χ1n) is 21.2. The van der Waals surface area contributed by atoms with Gasteiger partial charge in [-0.05, 0) is 109 Å². The molecule has 0 N–H and O–H groups in total. The molecule has 0 bridgehead atoms. The zero-order chi connectivity index (χ0) is 40.7. The summed E-state index contributed by atoms with van der Waals surface area (Å²) >= 11 is 0. The molecule has 1 aliphatic rings. The van der Waals surface area contributed by atoms with Gasteiger partial charge in [0, 0.05) is 44.2 Å². The fraction of sp³-hybridized carbons (Fsp3) is 0.0508. The van der Waals surface area contributed by atoms with Crippen LogP contribution in [0.4, 0.5) is 17.1 Å². The van der Waals surface area contributed by atoms with Crippen molar-refractivity contribution in [3.05, 3.63) is 223 Å². The van der Waals surface area contributed by atoms with E-state index in [9.17, 15) is 0 Å². The number of benzene rings is 10. The topological polar surface area (TPSA) is 16.4 Å². The predicted octanol–water partition coefficient (Wildman–Crippen LogP) is 16.7. The van der Waals surface area contributed by atoms with Gasteiger partial charge in [0.1, 0.15) is 11.2 Å². The van der Waals surface area contributed by atoms with Gasteiger partial charge in [-0.1, -0.05) is 184 Å². The highest BCUT2D eigenvalue weighted by Gasteiger charge is 2.35. The molecule has 0 aliphatic heterocycles. The van der Waals surface area contributed by atoms with Gasteiger partial charge in [-0.15, -0.1) is 0 Å². The molecule has 0 unspecified atom stereocenters. The monoisotopic (exact) mass is 779 g/mol. The van der Waals surface area contributed by atoms with Crippen molar-refractivity contribution in [2.75, 3.05) is 4.90 Å². The predicted molar refractivity (Wildman–Crippen MR) is 257 cm³/mol. The molecule has 0 spiro atoms. The molecule has 1 aliphatic carbocycles. The van der Waals surface area contributed by atoms with E-state index in [1.807, 2.05) is 0 Å². The van der Waals surface area contributed by atoms with E-state index in [1.54, 1.807) is 0 Å². The summed E-state index contributed by atoms with van der Waals surface area (Å²) in [5.74, 6) is 0. The molecular formula is C59H41NO. The van der Waals surface area contributed by atoms with Gasteiger partial charge in [0.15, 0.2) is 0 Å². The van der Waals surface area contributed by atoms with Gasteiger partial charge in [0.05, 0.1) is 0 Å². The van der Waals surface area contributed by atoms with E-state index in [0.29, 0.717) is 0 Å². The summed E-state index contributed by atoms with van der Waals surface area (Å²) in [4.78, 5) is 2.40. The molecule has 1 heterocycles. The largest absolute Gasteiger partial charge is 0.455 e. The van der Waals surface area contributed by atoms with Crippen LogP contribution in [0, 0.1) is 0 Å². The SMILES string of the molecule is CC1(C)c2ccccc2-c2ccc(N(c3ccc(-c4ccccc4)cc3)c3ccc(-c4c(-c5ccccc5)ccc5c4oc4c6ccccc6c6ccccc6c54)cc3)cc21. The van der Waals surface area contributed by atoms with Crippen LogP contribution in [0.1, 0.15) is 25.0 Å². The lowest BCUT2D eigenvalue weighted by atomic mass is 9.82. The lowest BCUT2D eigenvalue weighted by Gasteiger charge is -2.28. The maximum Gasteiger partial charge on any atom is 0.143 e. The van der Waals surface area contributed by atoms with Crippen LogP contribution in [0.2, 0.25) is 0 Å². The highest BCUT2D eigenvalue weighted by molar-refractivity contribution is 6.31. The minimum absolute atomic E-state index is 0.121. The zero-order valence-electron chi connectivity index (χ0n) is 34.1. The lowest BCUT2D eigenvalue weighted by molar-refractivity contribution is 0.660. The van der Waals surface area contributed by atoms with Crippen LogP contribution in [0.15, 0.2) is 217 Å². The quantitative estimate of drug-likeness (QED) is 0.156. The summed E-state index contributed by atoms with van der Waals surface area (Å²) in [7, 11) is 0. The third kappa shape index (κ3) is 5.49. The lowest BCUT2D eigenvalue weighted by Crippen LogP contribution is -2.16. The van der Waals surface area contributed by atoms with Crippen molar-refractivity contribution in [3.63, 3.8) is 0 Å². The van der Waals surface area contributed by atoms with Crippen LogP contribution in [0.5, 0.6) is 0 Å². The van der Waals surface area contributed by atoms with Crippen LogP contribution in [0.25, 0.3) is 88.0 Å². The third-order valence-corrected chi connectivity index (χ3v) is 13.1. The molecule has 0 saturated carbocycles. The van der Waals surface area contributed by atoms with Gasteiger partial charge in [-0.2, -0.15) is 0 Å². The summed E-state index contributed by atoms with van der Waals surface area (Å²) in [6.07, 6.45) is 0. The highest BCUT2D eigenvalue weighted by Crippen LogP contribution is 2.51. The molecule has 0 amide bonds. The average Bonchev–Trinajstić information content (AvgIpc) is 3.83. The Morgan fingerprint density at radius 1 is 0.344 bits per heavy atom. The van der Waals surface area contributed by atoms with Crippen molar-refractivity contribution < 1.29 is 4.42 Å². The number of fused-ring (bicyclic) bond motifs is 11. The molecule has 2 heteroatoms. The Morgan fingerprint density at radius 2 is 0.852 bits per heavy atom. The molecule has 0 atom stereocenters. The standard InChI is InChI=1S/C59H41NO/c1-59(2)53-24-14-13-21-48(53)49-34-33-44(37-54(49)59)60(42-29-25-39(26-30-42)38-15-5-3-6-16-38)43-31-27-41(28-32-43)55-45(40-17-7-4-8-18-40)35-36-52-56-50-22-11-9-19-46(50)47-20-10-12-23-51(47)57(56)61-58(52)55/h3-37H,1-2H3. The second kappa shape index (κ2) is 13.7. The van der Waals surface area contributed by atoms with Crippen molar-refractivity contribution in [2.45, 2.75) is 19.3 Å². The second-order valence-corrected chi connectivity index (χ2v) is 16.8. The fourth-order valence-electron chi connectivity index (χ4n) is 10.1. The second-order valence-electron chi connectivity index (χ2n) is 16.8. The molecular weight excluding hydrogens is 739 g/mol. The maximum atomic E-state index is 7.16. The molecule has 61 heavy (non-hydrogen) atoms. The number of rotatable bonds is 6. The van der Waals surface area contributed by atoms with E-state index >= 15 is 0 Å². The zero-order valence-corrected chi connectivity index (χ0v) is 34.1. The molecule has 1 aromatic heterocycles. The summed E-state index contributed by atoms with van der Waals surface area (Å²) in [5.41, 5.74) is 17.3. The molecule has 2 nitrogen and oxygen atoms in total. The van der Waals surface area contributed by atoms with Crippen LogP contribution in [-0.2, 0) is 5.41 Å². The molecule has 10 aromatic carbocycles. The molecule has 12 rings (SSSR count). The Balaban J connectivity index is 1.05. The van der Waals surface area contributed by atoms with E-state index in [2.05, 4.69) is 231 Å². The molecule has 288 valence electrons. The van der Waals surface area contributed by atoms with Crippen LogP contribution in [-0.4, -0.2) is 0 Å². The van der Waals surface area contributed by atoms with Crippen LogP contribution >= 0.6 is 0 Å². The first kappa shape index (κ1) is 35.3. The molecule has 0 fully saturated rings. The van der Waals surface area contributed by atoms with Gasteiger partial charge < -0.3 is 9.32 Å². The van der Waals surface area contributed by atoms with Gasteiger partial charge in [0.2, 0.25) is 0 Å². The van der Waals surface area contributed by atoms with E-state index < -0.39 is 0 Å². The smallest absolute Gasteiger partial charge is 0.143 e. The van der Waals surface area contributed by atoms with Crippen molar-refractivity contribution in [1.82, 2.24) is 0 Å². The van der Waals surface area contributed by atoms with E-state index in [0.717, 1.165) is 66.6 Å². The van der Waals surface area contributed by atoms with Crippen molar-refractivity contribution >= 4 is 60.5 Å². The normalized spacial score (nSPS) is 12.9. The maximum absolute atomic E-state index is 7.16. The van der Waals surface area contributed by atoms with Crippen molar-refractivity contribution in [2.24, 2.45) is 0 Å². The Labute approximate surface area is 355 Å². The van der Waals surface area contributed by atoms with Gasteiger partial charge in [-0.25, -0.2) is 0 Å². The molecule has 0 saturated heterocycles.